The average molecular weight is 249 g/mol. The second-order valence-electron chi connectivity index (χ2n) is 7.19. The predicted octanol–water partition coefficient (Wildman–Crippen LogP) is 3.51. The first kappa shape index (κ1) is 12.5. The number of hydrogen-bond donors (Lipinski definition) is 1. The van der Waals surface area contributed by atoms with Gasteiger partial charge in [0.1, 0.15) is 0 Å². The van der Waals surface area contributed by atoms with Crippen LogP contribution in [0.1, 0.15) is 64.7 Å². The zero-order valence-corrected chi connectivity index (χ0v) is 11.7. The first-order chi connectivity index (χ1) is 8.69. The molecule has 18 heavy (non-hydrogen) atoms. The molecule has 4 aliphatic rings. The van der Waals surface area contributed by atoms with Crippen LogP contribution in [0.15, 0.2) is 0 Å². The van der Waals surface area contributed by atoms with Crippen LogP contribution < -0.4 is 5.32 Å². The Morgan fingerprint density at radius 1 is 0.778 bits per heavy atom. The van der Waals surface area contributed by atoms with E-state index in [1.165, 1.54) is 57.8 Å². The van der Waals surface area contributed by atoms with Gasteiger partial charge < -0.3 is 5.32 Å². The molecule has 0 radical (unpaired) electrons. The fraction of sp³-hybridized carbons (Fsp3) is 0.938. The Morgan fingerprint density at radius 3 is 1.67 bits per heavy atom. The highest BCUT2D eigenvalue weighted by atomic mass is 16.1. The minimum absolute atomic E-state index is 0.157. The number of carbonyl (C=O) groups is 1. The molecule has 4 aliphatic carbocycles. The molecule has 4 saturated carbocycles. The lowest BCUT2D eigenvalue weighted by atomic mass is 9.62. The van der Waals surface area contributed by atoms with Crippen LogP contribution in [0.25, 0.3) is 0 Å². The Balaban J connectivity index is 1.66. The standard InChI is InChI=1S/C16H27NO/c1-11(18)17-16-4-2-12-6-14-8-13(3-5-16)9-15(7-12)10-14/h12-16H,2-10H2,1H3,(H,17,18). The van der Waals surface area contributed by atoms with Crippen molar-refractivity contribution in [3.05, 3.63) is 0 Å². The van der Waals surface area contributed by atoms with Crippen LogP contribution in [-0.4, -0.2) is 11.9 Å². The molecule has 0 unspecified atom stereocenters. The molecular weight excluding hydrogens is 222 g/mol. The molecule has 4 bridgehead atoms. The number of rotatable bonds is 1. The zero-order chi connectivity index (χ0) is 12.5. The molecule has 1 amide bonds. The predicted molar refractivity (Wildman–Crippen MR) is 73.1 cm³/mol. The molecule has 0 heterocycles. The van der Waals surface area contributed by atoms with Gasteiger partial charge in [0.25, 0.3) is 0 Å². The van der Waals surface area contributed by atoms with E-state index >= 15 is 0 Å². The van der Waals surface area contributed by atoms with Crippen molar-refractivity contribution in [1.29, 1.82) is 0 Å². The van der Waals surface area contributed by atoms with Crippen LogP contribution >= 0.6 is 0 Å². The molecule has 2 nitrogen and oxygen atoms in total. The third-order valence-corrected chi connectivity index (χ3v) is 5.59. The summed E-state index contributed by atoms with van der Waals surface area (Å²) in [6, 6.07) is 0.458. The highest BCUT2D eigenvalue weighted by molar-refractivity contribution is 5.73. The smallest absolute Gasteiger partial charge is 0.217 e. The molecule has 2 heteroatoms. The molecule has 0 aromatic heterocycles. The van der Waals surface area contributed by atoms with Gasteiger partial charge in [-0.25, -0.2) is 0 Å². The summed E-state index contributed by atoms with van der Waals surface area (Å²) in [5, 5.41) is 3.17. The van der Waals surface area contributed by atoms with Crippen molar-refractivity contribution in [1.82, 2.24) is 5.32 Å². The Morgan fingerprint density at radius 2 is 1.22 bits per heavy atom. The number of nitrogens with one attached hydrogen (secondary N) is 1. The molecule has 0 aliphatic heterocycles. The van der Waals surface area contributed by atoms with Gasteiger partial charge >= 0.3 is 0 Å². The van der Waals surface area contributed by atoms with Gasteiger partial charge in [0.05, 0.1) is 0 Å². The van der Waals surface area contributed by atoms with Gasteiger partial charge in [-0.2, -0.15) is 0 Å². The van der Waals surface area contributed by atoms with Gasteiger partial charge in [-0.05, 0) is 81.5 Å². The topological polar surface area (TPSA) is 29.1 Å². The van der Waals surface area contributed by atoms with E-state index in [0.717, 1.165) is 23.7 Å². The maximum Gasteiger partial charge on any atom is 0.217 e. The van der Waals surface area contributed by atoms with Gasteiger partial charge in [-0.15, -0.1) is 0 Å². The summed E-state index contributed by atoms with van der Waals surface area (Å²) in [4.78, 5) is 11.3. The number of amides is 1. The van der Waals surface area contributed by atoms with Crippen LogP contribution in [0.2, 0.25) is 0 Å². The van der Waals surface area contributed by atoms with Crippen LogP contribution in [0, 0.1) is 23.7 Å². The Bertz CT molecular complexity index is 280. The van der Waals surface area contributed by atoms with Gasteiger partial charge in [0, 0.05) is 13.0 Å². The van der Waals surface area contributed by atoms with Gasteiger partial charge in [-0.1, -0.05) is 0 Å². The second kappa shape index (κ2) is 5.22. The number of fused-ring (bicyclic) bond motifs is 4. The van der Waals surface area contributed by atoms with E-state index in [1.807, 2.05) is 0 Å². The summed E-state index contributed by atoms with van der Waals surface area (Å²) in [7, 11) is 0. The van der Waals surface area contributed by atoms with Gasteiger partial charge in [0.2, 0.25) is 5.91 Å². The van der Waals surface area contributed by atoms with Crippen LogP contribution in [0.5, 0.6) is 0 Å². The molecular formula is C16H27NO. The van der Waals surface area contributed by atoms with Crippen molar-refractivity contribution < 1.29 is 4.79 Å². The maximum atomic E-state index is 11.3. The van der Waals surface area contributed by atoms with E-state index in [1.54, 1.807) is 6.92 Å². The zero-order valence-electron chi connectivity index (χ0n) is 11.7. The van der Waals surface area contributed by atoms with Gasteiger partial charge in [-0.3, -0.25) is 4.79 Å². The molecule has 102 valence electrons. The summed E-state index contributed by atoms with van der Waals surface area (Å²) in [6.07, 6.45) is 12.6. The molecule has 0 saturated heterocycles. The first-order valence-electron chi connectivity index (χ1n) is 7.96. The molecule has 0 spiro atoms. The summed E-state index contributed by atoms with van der Waals surface area (Å²) in [5.41, 5.74) is 0. The van der Waals surface area contributed by atoms with Crippen molar-refractivity contribution in [2.45, 2.75) is 70.8 Å². The fourth-order valence-corrected chi connectivity index (χ4v) is 5.05. The molecule has 4 rings (SSSR count). The number of hydrogen-bond acceptors (Lipinski definition) is 1. The second-order valence-corrected chi connectivity index (χ2v) is 7.19. The summed E-state index contributed by atoms with van der Waals surface area (Å²) < 4.78 is 0. The first-order valence-corrected chi connectivity index (χ1v) is 7.96. The van der Waals surface area contributed by atoms with E-state index in [0.29, 0.717) is 6.04 Å². The maximum absolute atomic E-state index is 11.3. The molecule has 0 aromatic rings. The van der Waals surface area contributed by atoms with Crippen molar-refractivity contribution in [2.24, 2.45) is 23.7 Å². The highest BCUT2D eigenvalue weighted by Gasteiger charge is 2.37. The van der Waals surface area contributed by atoms with Crippen LogP contribution in [0.3, 0.4) is 0 Å². The lowest BCUT2D eigenvalue weighted by Crippen LogP contribution is -2.38. The fourth-order valence-electron chi connectivity index (χ4n) is 5.05. The lowest BCUT2D eigenvalue weighted by molar-refractivity contribution is -0.119. The third kappa shape index (κ3) is 2.89. The molecule has 0 atom stereocenters. The third-order valence-electron chi connectivity index (χ3n) is 5.59. The van der Waals surface area contributed by atoms with Crippen molar-refractivity contribution in [3.63, 3.8) is 0 Å². The number of carbonyl (C=O) groups excluding carboxylic acids is 1. The van der Waals surface area contributed by atoms with E-state index in [9.17, 15) is 4.79 Å². The monoisotopic (exact) mass is 249 g/mol. The van der Waals surface area contributed by atoms with Crippen molar-refractivity contribution in [3.8, 4) is 0 Å². The van der Waals surface area contributed by atoms with E-state index in [2.05, 4.69) is 5.32 Å². The summed E-state index contributed by atoms with van der Waals surface area (Å²) >= 11 is 0. The van der Waals surface area contributed by atoms with E-state index in [-0.39, 0.29) is 5.91 Å². The normalized spacial score (nSPS) is 43.7. The van der Waals surface area contributed by atoms with Crippen molar-refractivity contribution >= 4 is 5.91 Å². The lowest BCUT2D eigenvalue weighted by Gasteiger charge is -2.44. The minimum atomic E-state index is 0.157. The molecule has 4 fully saturated rings. The Hall–Kier alpha value is -0.530. The summed E-state index contributed by atoms with van der Waals surface area (Å²) in [5.74, 6) is 4.17. The minimum Gasteiger partial charge on any atom is -0.354 e. The Labute approximate surface area is 111 Å². The Kier molecular flexibility index (Phi) is 3.63. The van der Waals surface area contributed by atoms with Crippen molar-refractivity contribution in [2.75, 3.05) is 0 Å². The quantitative estimate of drug-likeness (QED) is 0.757. The SMILES string of the molecule is CC(=O)NC1CCC2CC3CC(CC1)CC(C2)C3. The molecule has 1 N–H and O–H groups in total. The van der Waals surface area contributed by atoms with Gasteiger partial charge in [0.15, 0.2) is 0 Å². The largest absolute Gasteiger partial charge is 0.354 e. The van der Waals surface area contributed by atoms with Crippen LogP contribution in [0.4, 0.5) is 0 Å². The average Bonchev–Trinajstić information content (AvgIpc) is 2.30. The van der Waals surface area contributed by atoms with Crippen LogP contribution in [-0.2, 0) is 4.79 Å². The summed E-state index contributed by atoms with van der Waals surface area (Å²) in [6.45, 7) is 1.66. The van der Waals surface area contributed by atoms with E-state index < -0.39 is 0 Å². The molecule has 0 aromatic carbocycles. The van der Waals surface area contributed by atoms with E-state index in [4.69, 9.17) is 0 Å². The highest BCUT2D eigenvalue weighted by Crippen LogP contribution is 2.48.